The van der Waals surface area contributed by atoms with Crippen molar-refractivity contribution in [2.75, 3.05) is 5.73 Å². The molecule has 126 valence electrons. The van der Waals surface area contributed by atoms with Crippen molar-refractivity contribution in [3.05, 3.63) is 76.6 Å². The first-order valence-corrected chi connectivity index (χ1v) is 7.76. The van der Waals surface area contributed by atoms with E-state index in [0.29, 0.717) is 13.2 Å². The van der Waals surface area contributed by atoms with Gasteiger partial charge < -0.3 is 10.5 Å². The normalized spacial score (nSPS) is 10.4. The topological polar surface area (TPSA) is 76.9 Å². The molecule has 0 spiro atoms. The minimum Gasteiger partial charge on any atom is -0.471 e. The molecule has 25 heavy (non-hydrogen) atoms. The molecule has 6 heteroatoms. The van der Waals surface area contributed by atoms with Gasteiger partial charge in [-0.25, -0.2) is 9.07 Å². The van der Waals surface area contributed by atoms with Crippen molar-refractivity contribution < 1.29 is 9.13 Å². The van der Waals surface area contributed by atoms with Crippen LogP contribution in [0.25, 0.3) is 0 Å². The first kappa shape index (κ1) is 16.5. The van der Waals surface area contributed by atoms with Crippen LogP contribution in [-0.4, -0.2) is 9.78 Å². The van der Waals surface area contributed by atoms with E-state index in [9.17, 15) is 9.65 Å². The third-order valence-electron chi connectivity index (χ3n) is 3.78. The lowest BCUT2D eigenvalue weighted by Crippen LogP contribution is -2.06. The third-order valence-corrected chi connectivity index (χ3v) is 3.78. The van der Waals surface area contributed by atoms with Crippen molar-refractivity contribution >= 4 is 5.82 Å². The van der Waals surface area contributed by atoms with E-state index < -0.39 is 0 Å². The average molecular weight is 336 g/mol. The van der Waals surface area contributed by atoms with E-state index in [1.807, 2.05) is 37.3 Å². The summed E-state index contributed by atoms with van der Waals surface area (Å²) in [5.41, 5.74) is 9.15. The second-order valence-corrected chi connectivity index (χ2v) is 5.74. The number of hydrogen-bond donors (Lipinski definition) is 1. The number of aromatic nitrogens is 2. The number of nitrogens with zero attached hydrogens (tertiary/aromatic N) is 3. The Balaban J connectivity index is 1.80. The Morgan fingerprint density at radius 2 is 1.96 bits per heavy atom. The smallest absolute Gasteiger partial charge is 0.253 e. The molecule has 0 bridgehead atoms. The number of rotatable bonds is 5. The molecule has 0 saturated heterocycles. The van der Waals surface area contributed by atoms with Gasteiger partial charge in [0.15, 0.2) is 5.56 Å². The monoisotopic (exact) mass is 336 g/mol. The molecule has 3 rings (SSSR count). The molecule has 0 aliphatic carbocycles. The summed E-state index contributed by atoms with van der Waals surface area (Å²) in [6.07, 6.45) is 0. The van der Waals surface area contributed by atoms with Crippen molar-refractivity contribution in [2.45, 2.75) is 20.1 Å². The molecule has 0 fully saturated rings. The molecule has 2 N–H and O–H groups in total. The predicted octanol–water partition coefficient (Wildman–Crippen LogP) is 3.41. The van der Waals surface area contributed by atoms with E-state index in [2.05, 4.69) is 5.10 Å². The summed E-state index contributed by atoms with van der Waals surface area (Å²) in [5.74, 6) is 0.117. The lowest BCUT2D eigenvalue weighted by molar-refractivity contribution is 0.289. The van der Waals surface area contributed by atoms with E-state index in [-0.39, 0.29) is 23.1 Å². The molecular formula is C19H17FN4O. The molecule has 0 unspecified atom stereocenters. The Morgan fingerprint density at radius 1 is 1.20 bits per heavy atom. The molecule has 1 aromatic heterocycles. The molecule has 0 saturated carbocycles. The van der Waals surface area contributed by atoms with Crippen LogP contribution < -0.4 is 10.5 Å². The van der Waals surface area contributed by atoms with Crippen molar-refractivity contribution in [1.29, 1.82) is 5.26 Å². The molecular weight excluding hydrogens is 319 g/mol. The highest BCUT2D eigenvalue weighted by Gasteiger charge is 2.17. The van der Waals surface area contributed by atoms with Crippen LogP contribution in [0.3, 0.4) is 0 Å². The Morgan fingerprint density at radius 3 is 2.64 bits per heavy atom. The van der Waals surface area contributed by atoms with E-state index in [4.69, 9.17) is 10.5 Å². The summed E-state index contributed by atoms with van der Waals surface area (Å²) in [5, 5.41) is 13.6. The second kappa shape index (κ2) is 7.05. The van der Waals surface area contributed by atoms with E-state index in [1.54, 1.807) is 12.1 Å². The van der Waals surface area contributed by atoms with Gasteiger partial charge in [-0.05, 0) is 30.2 Å². The average Bonchev–Trinajstić information content (AvgIpc) is 2.90. The number of benzene rings is 2. The first-order chi connectivity index (χ1) is 12.1. The van der Waals surface area contributed by atoms with Gasteiger partial charge in [-0.2, -0.15) is 5.26 Å². The number of nitrogen functional groups attached to an aromatic ring is 1. The standard InChI is InChI=1S/C19H17FN4O/c1-13-3-2-4-15(9-13)12-25-19-17(10-21)18(22)24(23-19)11-14-5-7-16(20)8-6-14/h2-9H,11-12,22H2,1H3. The zero-order chi connectivity index (χ0) is 17.8. The van der Waals surface area contributed by atoms with Crippen LogP contribution in [0.4, 0.5) is 10.2 Å². The van der Waals surface area contributed by atoms with Gasteiger partial charge in [0, 0.05) is 0 Å². The molecule has 2 aromatic carbocycles. The molecule has 0 aliphatic heterocycles. The predicted molar refractivity (Wildman–Crippen MR) is 92.4 cm³/mol. The van der Waals surface area contributed by atoms with Crippen LogP contribution >= 0.6 is 0 Å². The maximum Gasteiger partial charge on any atom is 0.253 e. The van der Waals surface area contributed by atoms with Crippen molar-refractivity contribution in [3.8, 4) is 11.9 Å². The summed E-state index contributed by atoms with van der Waals surface area (Å²) < 4.78 is 20.2. The molecule has 0 aliphatic rings. The summed E-state index contributed by atoms with van der Waals surface area (Å²) in [6.45, 7) is 2.62. The zero-order valence-corrected chi connectivity index (χ0v) is 13.7. The second-order valence-electron chi connectivity index (χ2n) is 5.74. The van der Waals surface area contributed by atoms with Crippen molar-refractivity contribution in [2.24, 2.45) is 0 Å². The first-order valence-electron chi connectivity index (χ1n) is 7.76. The number of aryl methyl sites for hydroxylation is 1. The quantitative estimate of drug-likeness (QED) is 0.774. The minimum absolute atomic E-state index is 0.198. The number of ether oxygens (including phenoxy) is 1. The number of nitrogens with two attached hydrogens (primary N) is 1. The maximum absolute atomic E-state index is 13.0. The zero-order valence-electron chi connectivity index (χ0n) is 13.7. The largest absolute Gasteiger partial charge is 0.471 e. The minimum atomic E-state index is -0.308. The van der Waals surface area contributed by atoms with E-state index in [1.165, 1.54) is 16.8 Å². The number of halogens is 1. The van der Waals surface area contributed by atoms with Gasteiger partial charge in [-0.1, -0.05) is 42.0 Å². The lowest BCUT2D eigenvalue weighted by Gasteiger charge is -2.05. The van der Waals surface area contributed by atoms with Crippen LogP contribution in [0.15, 0.2) is 48.5 Å². The summed E-state index contributed by atoms with van der Waals surface area (Å²) in [6, 6.07) is 16.0. The van der Waals surface area contributed by atoms with Gasteiger partial charge in [0.1, 0.15) is 24.3 Å². The number of hydrogen-bond acceptors (Lipinski definition) is 4. The highest BCUT2D eigenvalue weighted by atomic mass is 19.1. The molecule has 0 amide bonds. The summed E-state index contributed by atoms with van der Waals surface area (Å²) >= 11 is 0. The lowest BCUT2D eigenvalue weighted by atomic mass is 10.1. The highest BCUT2D eigenvalue weighted by Crippen LogP contribution is 2.24. The fourth-order valence-corrected chi connectivity index (χ4v) is 2.50. The van der Waals surface area contributed by atoms with Crippen LogP contribution in [0.5, 0.6) is 5.88 Å². The number of anilines is 1. The fourth-order valence-electron chi connectivity index (χ4n) is 2.50. The van der Waals surface area contributed by atoms with Gasteiger partial charge >= 0.3 is 0 Å². The van der Waals surface area contributed by atoms with Gasteiger partial charge in [0.25, 0.3) is 5.88 Å². The van der Waals surface area contributed by atoms with Crippen LogP contribution in [0, 0.1) is 24.1 Å². The molecule has 3 aromatic rings. The summed E-state index contributed by atoms with van der Waals surface area (Å²) in [4.78, 5) is 0. The Bertz CT molecular complexity index is 926. The Hall–Kier alpha value is -3.33. The van der Waals surface area contributed by atoms with Gasteiger partial charge in [0.2, 0.25) is 0 Å². The van der Waals surface area contributed by atoms with Gasteiger partial charge in [0.05, 0.1) is 6.54 Å². The molecule has 1 heterocycles. The van der Waals surface area contributed by atoms with Gasteiger partial charge in [-0.15, -0.1) is 5.10 Å². The fraction of sp³-hybridized carbons (Fsp3) is 0.158. The van der Waals surface area contributed by atoms with Crippen molar-refractivity contribution in [3.63, 3.8) is 0 Å². The van der Waals surface area contributed by atoms with Crippen LogP contribution in [0.2, 0.25) is 0 Å². The SMILES string of the molecule is Cc1cccc(COc2nn(Cc3ccc(F)cc3)c(N)c2C#N)c1. The Labute approximate surface area is 145 Å². The molecule has 0 atom stereocenters. The number of nitriles is 1. The van der Waals surface area contributed by atoms with Crippen LogP contribution in [-0.2, 0) is 13.2 Å². The Kier molecular flexibility index (Phi) is 4.66. The highest BCUT2D eigenvalue weighted by molar-refractivity contribution is 5.55. The molecule has 5 nitrogen and oxygen atoms in total. The van der Waals surface area contributed by atoms with E-state index >= 15 is 0 Å². The van der Waals surface area contributed by atoms with Gasteiger partial charge in [-0.3, -0.25) is 0 Å². The van der Waals surface area contributed by atoms with E-state index in [0.717, 1.165) is 16.7 Å². The summed E-state index contributed by atoms with van der Waals surface area (Å²) in [7, 11) is 0. The maximum atomic E-state index is 13.0. The molecule has 0 radical (unpaired) electrons. The third kappa shape index (κ3) is 3.78. The van der Waals surface area contributed by atoms with Crippen LogP contribution in [0.1, 0.15) is 22.3 Å². The van der Waals surface area contributed by atoms with Crippen molar-refractivity contribution in [1.82, 2.24) is 9.78 Å².